The van der Waals surface area contributed by atoms with Crippen LogP contribution in [0.5, 0.6) is 0 Å². The van der Waals surface area contributed by atoms with Crippen LogP contribution in [0.3, 0.4) is 0 Å². The predicted octanol–water partition coefficient (Wildman–Crippen LogP) is 4.83. The van der Waals surface area contributed by atoms with Crippen molar-refractivity contribution in [2.75, 3.05) is 20.2 Å². The summed E-state index contributed by atoms with van der Waals surface area (Å²) in [5, 5.41) is 9.97. The third-order valence-corrected chi connectivity index (χ3v) is 6.08. The third-order valence-electron chi connectivity index (χ3n) is 5.83. The van der Waals surface area contributed by atoms with E-state index in [1.807, 2.05) is 42.5 Å². The van der Waals surface area contributed by atoms with Gasteiger partial charge in [-0.25, -0.2) is 9.59 Å². The number of esters is 1. The molecule has 7 heteroatoms. The van der Waals surface area contributed by atoms with E-state index in [4.69, 9.17) is 16.3 Å². The second-order valence-corrected chi connectivity index (χ2v) is 7.99. The van der Waals surface area contributed by atoms with Gasteiger partial charge in [0.2, 0.25) is 0 Å². The highest BCUT2D eigenvalue weighted by atomic mass is 35.5. The molecule has 1 aliphatic rings. The Labute approximate surface area is 182 Å². The number of piperidine rings is 1. The molecule has 0 aromatic heterocycles. The highest BCUT2D eigenvalue weighted by molar-refractivity contribution is 6.30. The first-order valence-electron chi connectivity index (χ1n) is 10.1. The second kappa shape index (κ2) is 9.96. The lowest BCUT2D eigenvalue weighted by molar-refractivity contribution is 0.0579. The lowest BCUT2D eigenvalue weighted by atomic mass is 9.96. The molecule has 0 bridgehead atoms. The molecule has 1 amide bonds. The lowest BCUT2D eigenvalue weighted by Gasteiger charge is -2.41. The highest BCUT2D eigenvalue weighted by Gasteiger charge is 2.31. The monoisotopic (exact) mass is 430 g/mol. The molecule has 30 heavy (non-hydrogen) atoms. The van der Waals surface area contributed by atoms with Crippen molar-refractivity contribution in [2.45, 2.75) is 38.4 Å². The Bertz CT molecular complexity index is 879. The van der Waals surface area contributed by atoms with E-state index >= 15 is 0 Å². The van der Waals surface area contributed by atoms with Crippen molar-refractivity contribution >= 4 is 23.7 Å². The molecule has 0 saturated carbocycles. The van der Waals surface area contributed by atoms with Crippen LogP contribution < -0.4 is 0 Å². The van der Waals surface area contributed by atoms with Crippen molar-refractivity contribution in [1.82, 2.24) is 9.80 Å². The van der Waals surface area contributed by atoms with Crippen LogP contribution in [0.4, 0.5) is 4.79 Å². The maximum Gasteiger partial charge on any atom is 0.407 e. The molecule has 6 nitrogen and oxygen atoms in total. The Kier molecular flexibility index (Phi) is 7.34. The number of rotatable bonds is 6. The van der Waals surface area contributed by atoms with Gasteiger partial charge in [-0.2, -0.15) is 0 Å². The minimum Gasteiger partial charge on any atom is -0.465 e. The van der Waals surface area contributed by atoms with E-state index in [-0.39, 0.29) is 18.1 Å². The molecule has 1 aliphatic heterocycles. The van der Waals surface area contributed by atoms with Crippen LogP contribution in [0, 0.1) is 0 Å². The fourth-order valence-electron chi connectivity index (χ4n) is 4.07. The number of hydrogen-bond acceptors (Lipinski definition) is 4. The van der Waals surface area contributed by atoms with Gasteiger partial charge in [0.1, 0.15) is 0 Å². The van der Waals surface area contributed by atoms with Crippen LogP contribution in [0.2, 0.25) is 5.02 Å². The third kappa shape index (κ3) is 5.12. The van der Waals surface area contributed by atoms with E-state index in [1.54, 1.807) is 6.07 Å². The van der Waals surface area contributed by atoms with E-state index < -0.39 is 6.09 Å². The number of halogens is 1. The van der Waals surface area contributed by atoms with Crippen molar-refractivity contribution in [1.29, 1.82) is 0 Å². The molecule has 0 spiro atoms. The summed E-state index contributed by atoms with van der Waals surface area (Å²) in [6.07, 6.45) is 0.608. The fraction of sp³-hybridized carbons (Fsp3) is 0.391. The summed E-state index contributed by atoms with van der Waals surface area (Å²) in [5.41, 5.74) is 2.57. The van der Waals surface area contributed by atoms with Crippen LogP contribution >= 0.6 is 11.6 Å². The van der Waals surface area contributed by atoms with Crippen LogP contribution in [-0.2, 0) is 11.3 Å². The summed E-state index contributed by atoms with van der Waals surface area (Å²) in [6.45, 7) is 3.70. The number of amides is 1. The van der Waals surface area contributed by atoms with E-state index in [2.05, 4.69) is 11.8 Å². The zero-order valence-corrected chi connectivity index (χ0v) is 18.0. The number of carboxylic acid groups (broad SMARTS) is 1. The Morgan fingerprint density at radius 2 is 1.80 bits per heavy atom. The first-order valence-corrected chi connectivity index (χ1v) is 10.4. The van der Waals surface area contributed by atoms with E-state index in [1.165, 1.54) is 12.0 Å². The molecule has 1 N–H and O–H groups in total. The number of hydrogen-bond donors (Lipinski definition) is 1. The fourth-order valence-corrected chi connectivity index (χ4v) is 4.19. The quantitative estimate of drug-likeness (QED) is 0.664. The average molecular weight is 431 g/mol. The molecule has 0 radical (unpaired) electrons. The molecule has 1 unspecified atom stereocenters. The molecule has 160 valence electrons. The number of nitrogens with zero attached hydrogens (tertiary/aromatic N) is 2. The first kappa shape index (κ1) is 22.1. The molecule has 2 aromatic carbocycles. The zero-order chi connectivity index (χ0) is 21.7. The summed E-state index contributed by atoms with van der Waals surface area (Å²) in [4.78, 5) is 27.4. The number of carbonyl (C=O) groups excluding carboxylic acids is 1. The Balaban J connectivity index is 1.89. The lowest BCUT2D eigenvalue weighted by Crippen LogP contribution is -2.47. The van der Waals surface area contributed by atoms with E-state index in [0.717, 1.165) is 24.0 Å². The molecule has 1 atom stereocenters. The Hall–Kier alpha value is -2.57. The Morgan fingerprint density at radius 3 is 2.40 bits per heavy atom. The van der Waals surface area contributed by atoms with Crippen LogP contribution in [-0.4, -0.2) is 53.2 Å². The van der Waals surface area contributed by atoms with Crippen molar-refractivity contribution in [3.05, 3.63) is 70.2 Å². The van der Waals surface area contributed by atoms with E-state index in [9.17, 15) is 14.7 Å². The van der Waals surface area contributed by atoms with Crippen molar-refractivity contribution in [3.63, 3.8) is 0 Å². The normalized spacial score (nSPS) is 15.8. The molecule has 1 heterocycles. The maximum atomic E-state index is 12.3. The molecule has 1 fully saturated rings. The number of carbonyl (C=O) groups is 2. The maximum absolute atomic E-state index is 12.3. The van der Waals surface area contributed by atoms with Crippen molar-refractivity contribution in [3.8, 4) is 0 Å². The first-order chi connectivity index (χ1) is 14.4. The second-order valence-electron chi connectivity index (χ2n) is 7.55. The minimum absolute atomic E-state index is 0.0642. The van der Waals surface area contributed by atoms with Crippen molar-refractivity contribution in [2.24, 2.45) is 0 Å². The molecular formula is C23H27ClN2O4. The number of benzene rings is 2. The summed E-state index contributed by atoms with van der Waals surface area (Å²) in [7, 11) is 1.38. The summed E-state index contributed by atoms with van der Waals surface area (Å²) in [6, 6.07) is 15.5. The Morgan fingerprint density at radius 1 is 1.17 bits per heavy atom. The van der Waals surface area contributed by atoms with Crippen molar-refractivity contribution < 1.29 is 19.4 Å². The van der Waals surface area contributed by atoms with Gasteiger partial charge < -0.3 is 14.7 Å². The minimum atomic E-state index is -0.873. The molecule has 3 rings (SSSR count). The highest BCUT2D eigenvalue weighted by Crippen LogP contribution is 2.31. The number of likely N-dealkylation sites (tertiary alicyclic amines) is 1. The van der Waals surface area contributed by atoms with Crippen LogP contribution in [0.15, 0.2) is 48.5 Å². The molecular weight excluding hydrogens is 404 g/mol. The van der Waals surface area contributed by atoms with Gasteiger partial charge in [-0.3, -0.25) is 4.90 Å². The topological polar surface area (TPSA) is 70.1 Å². The number of methoxy groups -OCH3 is 1. The average Bonchev–Trinajstić information content (AvgIpc) is 2.77. The zero-order valence-electron chi connectivity index (χ0n) is 17.3. The summed E-state index contributed by atoms with van der Waals surface area (Å²) >= 11 is 6.07. The van der Waals surface area contributed by atoms with Gasteiger partial charge in [-0.15, -0.1) is 0 Å². The van der Waals surface area contributed by atoms with Gasteiger partial charge >= 0.3 is 12.1 Å². The van der Waals surface area contributed by atoms with Gasteiger partial charge in [0.15, 0.2) is 0 Å². The van der Waals surface area contributed by atoms with Gasteiger partial charge in [0.25, 0.3) is 0 Å². The van der Waals surface area contributed by atoms with Gasteiger partial charge in [0, 0.05) is 36.7 Å². The largest absolute Gasteiger partial charge is 0.465 e. The van der Waals surface area contributed by atoms with Crippen LogP contribution in [0.1, 0.15) is 47.3 Å². The van der Waals surface area contributed by atoms with Gasteiger partial charge in [-0.05, 0) is 49.1 Å². The predicted molar refractivity (Wildman–Crippen MR) is 116 cm³/mol. The van der Waals surface area contributed by atoms with Crippen LogP contribution in [0.25, 0.3) is 0 Å². The molecule has 0 aliphatic carbocycles. The standard InChI is InChI=1S/C23H27ClN2O4/c1-16(17-7-9-19(24)10-8-17)26(20-11-13-25(14-12-20)23(28)29)15-18-5-3-4-6-21(18)22(27)30-2/h3-10,16,20H,11-15H2,1-2H3,(H,28,29). The summed E-state index contributed by atoms with van der Waals surface area (Å²) < 4.78 is 4.96. The van der Waals surface area contributed by atoms with Gasteiger partial charge in [-0.1, -0.05) is 41.9 Å². The summed E-state index contributed by atoms with van der Waals surface area (Å²) in [5.74, 6) is -0.356. The molecule has 2 aromatic rings. The smallest absolute Gasteiger partial charge is 0.407 e. The SMILES string of the molecule is COC(=O)c1ccccc1CN(C1CCN(C(=O)O)CC1)C(C)c1ccc(Cl)cc1. The number of ether oxygens (including phenoxy) is 1. The molecule has 1 saturated heterocycles. The van der Waals surface area contributed by atoms with E-state index in [0.29, 0.717) is 30.2 Å². The van der Waals surface area contributed by atoms with Gasteiger partial charge in [0.05, 0.1) is 12.7 Å².